The molecule has 1 saturated carbocycles. The van der Waals surface area contributed by atoms with Gasteiger partial charge in [0, 0.05) is 16.6 Å². The minimum absolute atomic E-state index is 0.395. The fourth-order valence-electron chi connectivity index (χ4n) is 1.33. The fraction of sp³-hybridized carbons (Fsp3) is 0.455. The average molecular weight is 275 g/mol. The van der Waals surface area contributed by atoms with Gasteiger partial charge >= 0.3 is 0 Å². The van der Waals surface area contributed by atoms with Crippen molar-refractivity contribution in [2.75, 3.05) is 0 Å². The third-order valence-corrected chi connectivity index (χ3v) is 3.92. The highest BCUT2D eigenvalue weighted by molar-refractivity contribution is 9.10. The summed E-state index contributed by atoms with van der Waals surface area (Å²) in [7, 11) is 0. The molecule has 1 aliphatic rings. The van der Waals surface area contributed by atoms with Gasteiger partial charge in [0.05, 0.1) is 5.02 Å². The quantitative estimate of drug-likeness (QED) is 0.885. The third kappa shape index (κ3) is 2.50. The molecule has 1 fully saturated rings. The molecule has 14 heavy (non-hydrogen) atoms. The first-order chi connectivity index (χ1) is 6.59. The lowest BCUT2D eigenvalue weighted by Crippen LogP contribution is -2.26. The van der Waals surface area contributed by atoms with Crippen LogP contribution in [0.2, 0.25) is 5.02 Å². The van der Waals surface area contributed by atoms with Crippen molar-refractivity contribution in [3.8, 4) is 0 Å². The number of rotatable bonds is 3. The van der Waals surface area contributed by atoms with Crippen molar-refractivity contribution in [1.82, 2.24) is 5.32 Å². The van der Waals surface area contributed by atoms with E-state index in [1.807, 2.05) is 6.07 Å². The third-order valence-electron chi connectivity index (χ3n) is 2.70. The smallest absolute Gasteiger partial charge is 0.0548 e. The molecule has 1 aliphatic carbocycles. The molecule has 0 bridgehead atoms. The van der Waals surface area contributed by atoms with Gasteiger partial charge in [-0.2, -0.15) is 0 Å². The van der Waals surface area contributed by atoms with Gasteiger partial charge in [-0.25, -0.2) is 0 Å². The molecule has 0 saturated heterocycles. The molecule has 0 atom stereocenters. The van der Waals surface area contributed by atoms with Crippen LogP contribution in [-0.4, -0.2) is 5.54 Å². The molecule has 76 valence electrons. The van der Waals surface area contributed by atoms with E-state index in [0.717, 1.165) is 16.0 Å². The van der Waals surface area contributed by atoms with E-state index in [2.05, 4.69) is 40.3 Å². The van der Waals surface area contributed by atoms with Crippen molar-refractivity contribution in [3.63, 3.8) is 0 Å². The Morgan fingerprint density at radius 1 is 1.50 bits per heavy atom. The van der Waals surface area contributed by atoms with E-state index in [4.69, 9.17) is 11.6 Å². The Bertz CT molecular complexity index is 347. The Morgan fingerprint density at radius 3 is 2.79 bits per heavy atom. The van der Waals surface area contributed by atoms with Crippen molar-refractivity contribution in [1.29, 1.82) is 0 Å². The summed E-state index contributed by atoms with van der Waals surface area (Å²) in [6, 6.07) is 6.06. The Hall–Kier alpha value is -0.0500. The Balaban J connectivity index is 1.99. The summed E-state index contributed by atoms with van der Waals surface area (Å²) < 4.78 is 0.972. The predicted octanol–water partition coefficient (Wildman–Crippen LogP) is 3.74. The van der Waals surface area contributed by atoms with Crippen LogP contribution in [0.1, 0.15) is 25.3 Å². The summed E-state index contributed by atoms with van der Waals surface area (Å²) in [5.74, 6) is 0. The molecule has 1 aromatic carbocycles. The minimum Gasteiger partial charge on any atom is -0.307 e. The van der Waals surface area contributed by atoms with Crippen LogP contribution in [0.25, 0.3) is 0 Å². The topological polar surface area (TPSA) is 12.0 Å². The van der Waals surface area contributed by atoms with E-state index in [1.165, 1.54) is 18.4 Å². The SMILES string of the molecule is CC1(NCc2ccc(Cl)c(Br)c2)CC1. The lowest BCUT2D eigenvalue weighted by atomic mass is 10.2. The van der Waals surface area contributed by atoms with Crippen LogP contribution in [0.3, 0.4) is 0 Å². The van der Waals surface area contributed by atoms with Crippen molar-refractivity contribution in [3.05, 3.63) is 33.3 Å². The number of nitrogens with one attached hydrogen (secondary N) is 1. The van der Waals surface area contributed by atoms with E-state index in [0.29, 0.717) is 5.54 Å². The average Bonchev–Trinajstić information content (AvgIpc) is 2.87. The first-order valence-corrected chi connectivity index (χ1v) is 5.95. The molecule has 3 heteroatoms. The normalized spacial score (nSPS) is 18.2. The summed E-state index contributed by atoms with van der Waals surface area (Å²) in [5, 5.41) is 4.30. The van der Waals surface area contributed by atoms with Gasteiger partial charge in [-0.1, -0.05) is 17.7 Å². The van der Waals surface area contributed by atoms with Crippen molar-refractivity contribution in [2.45, 2.75) is 31.8 Å². The van der Waals surface area contributed by atoms with Gasteiger partial charge in [0.2, 0.25) is 0 Å². The van der Waals surface area contributed by atoms with E-state index < -0.39 is 0 Å². The van der Waals surface area contributed by atoms with Crippen LogP contribution in [0, 0.1) is 0 Å². The second-order valence-electron chi connectivity index (χ2n) is 4.16. The zero-order valence-corrected chi connectivity index (χ0v) is 10.5. The van der Waals surface area contributed by atoms with Gasteiger partial charge in [-0.15, -0.1) is 0 Å². The number of hydrogen-bond acceptors (Lipinski definition) is 1. The highest BCUT2D eigenvalue weighted by Gasteiger charge is 2.36. The summed E-state index contributed by atoms with van der Waals surface area (Å²) in [4.78, 5) is 0. The Labute approximate surface area is 98.0 Å². The van der Waals surface area contributed by atoms with Gasteiger partial charge < -0.3 is 5.32 Å². The van der Waals surface area contributed by atoms with Gasteiger partial charge in [0.25, 0.3) is 0 Å². The van der Waals surface area contributed by atoms with Crippen LogP contribution in [0.15, 0.2) is 22.7 Å². The first-order valence-electron chi connectivity index (χ1n) is 4.78. The molecule has 1 N–H and O–H groups in total. The molecular formula is C11H13BrClN. The molecular weight excluding hydrogens is 261 g/mol. The highest BCUT2D eigenvalue weighted by atomic mass is 79.9. The molecule has 1 aromatic rings. The lowest BCUT2D eigenvalue weighted by Gasteiger charge is -2.11. The van der Waals surface area contributed by atoms with Crippen LogP contribution < -0.4 is 5.32 Å². The monoisotopic (exact) mass is 273 g/mol. The molecule has 0 aliphatic heterocycles. The Kier molecular flexibility index (Phi) is 2.87. The standard InChI is InChI=1S/C11H13BrClN/c1-11(4-5-11)14-7-8-2-3-10(13)9(12)6-8/h2-3,6,14H,4-5,7H2,1H3. The molecule has 0 heterocycles. The van der Waals surface area contributed by atoms with Crippen molar-refractivity contribution >= 4 is 27.5 Å². The van der Waals surface area contributed by atoms with Crippen LogP contribution in [0.5, 0.6) is 0 Å². The zero-order chi connectivity index (χ0) is 10.2. The van der Waals surface area contributed by atoms with Crippen LogP contribution in [0.4, 0.5) is 0 Å². The van der Waals surface area contributed by atoms with E-state index in [9.17, 15) is 0 Å². The second kappa shape index (κ2) is 3.84. The summed E-state index contributed by atoms with van der Waals surface area (Å²) in [6.45, 7) is 3.18. The van der Waals surface area contributed by atoms with E-state index >= 15 is 0 Å². The number of benzene rings is 1. The maximum absolute atomic E-state index is 5.92. The van der Waals surface area contributed by atoms with Gasteiger partial charge in [-0.05, 0) is 53.4 Å². The number of hydrogen-bond donors (Lipinski definition) is 1. The zero-order valence-electron chi connectivity index (χ0n) is 8.11. The molecule has 0 unspecified atom stereocenters. The van der Waals surface area contributed by atoms with Crippen molar-refractivity contribution < 1.29 is 0 Å². The minimum atomic E-state index is 0.395. The molecule has 2 rings (SSSR count). The predicted molar refractivity (Wildman–Crippen MR) is 63.6 cm³/mol. The highest BCUT2D eigenvalue weighted by Crippen LogP contribution is 2.34. The summed E-state index contributed by atoms with van der Waals surface area (Å²) >= 11 is 9.34. The molecule has 1 nitrogen and oxygen atoms in total. The van der Waals surface area contributed by atoms with Gasteiger partial charge in [-0.3, -0.25) is 0 Å². The molecule has 0 radical (unpaired) electrons. The summed E-state index contributed by atoms with van der Waals surface area (Å²) in [5.41, 5.74) is 1.67. The second-order valence-corrected chi connectivity index (χ2v) is 5.42. The summed E-state index contributed by atoms with van der Waals surface area (Å²) in [6.07, 6.45) is 2.59. The van der Waals surface area contributed by atoms with Crippen molar-refractivity contribution in [2.24, 2.45) is 0 Å². The lowest BCUT2D eigenvalue weighted by molar-refractivity contribution is 0.537. The maximum atomic E-state index is 5.92. The number of halogens is 2. The van der Waals surface area contributed by atoms with E-state index in [1.54, 1.807) is 0 Å². The van der Waals surface area contributed by atoms with E-state index in [-0.39, 0.29) is 0 Å². The van der Waals surface area contributed by atoms with Gasteiger partial charge in [0.1, 0.15) is 0 Å². The maximum Gasteiger partial charge on any atom is 0.0548 e. The van der Waals surface area contributed by atoms with Crippen LogP contribution in [-0.2, 0) is 6.54 Å². The largest absolute Gasteiger partial charge is 0.307 e. The van der Waals surface area contributed by atoms with Crippen LogP contribution >= 0.6 is 27.5 Å². The molecule has 0 spiro atoms. The molecule has 0 aromatic heterocycles. The fourth-order valence-corrected chi connectivity index (χ4v) is 1.87. The Morgan fingerprint density at radius 2 is 2.21 bits per heavy atom. The first kappa shape index (κ1) is 10.5. The molecule has 0 amide bonds. The van der Waals surface area contributed by atoms with Gasteiger partial charge in [0.15, 0.2) is 0 Å².